The summed E-state index contributed by atoms with van der Waals surface area (Å²) in [6, 6.07) is 3.53. The quantitative estimate of drug-likeness (QED) is 0.612. The molecule has 0 heterocycles. The zero-order valence-corrected chi connectivity index (χ0v) is 11.3. The molecule has 0 radical (unpaired) electrons. The summed E-state index contributed by atoms with van der Waals surface area (Å²) in [5, 5.41) is 13.9. The largest absolute Gasteiger partial charge is 0.312 e. The summed E-state index contributed by atoms with van der Waals surface area (Å²) in [4.78, 5) is 10.3. The average molecular weight is 272 g/mol. The Morgan fingerprint density at radius 2 is 2.28 bits per heavy atom. The lowest BCUT2D eigenvalue weighted by Crippen LogP contribution is -2.22. The van der Waals surface area contributed by atoms with Gasteiger partial charge < -0.3 is 5.32 Å². The summed E-state index contributed by atoms with van der Waals surface area (Å²) in [5.41, 5.74) is 0.345. The van der Waals surface area contributed by atoms with E-state index in [1.807, 2.05) is 6.26 Å². The van der Waals surface area contributed by atoms with Crippen LogP contribution in [0.2, 0.25) is 0 Å². The van der Waals surface area contributed by atoms with E-state index in [-0.39, 0.29) is 5.69 Å². The smallest absolute Gasteiger partial charge is 0.274 e. The van der Waals surface area contributed by atoms with E-state index in [2.05, 4.69) is 12.2 Å². The molecule has 0 aliphatic carbocycles. The van der Waals surface area contributed by atoms with E-state index < -0.39 is 10.7 Å². The van der Waals surface area contributed by atoms with Crippen LogP contribution in [0.3, 0.4) is 0 Å². The fourth-order valence-electron chi connectivity index (χ4n) is 1.67. The van der Waals surface area contributed by atoms with Crippen molar-refractivity contribution in [2.75, 3.05) is 18.6 Å². The van der Waals surface area contributed by atoms with Gasteiger partial charge in [-0.2, -0.15) is 11.8 Å². The van der Waals surface area contributed by atoms with Gasteiger partial charge in [-0.3, -0.25) is 10.1 Å². The molecule has 0 aromatic heterocycles. The van der Waals surface area contributed by atoms with Crippen LogP contribution in [0.1, 0.15) is 12.5 Å². The van der Waals surface area contributed by atoms with Gasteiger partial charge in [0.2, 0.25) is 0 Å². The molecular formula is C12H17FN2O2S. The Bertz CT molecular complexity index is 415. The molecule has 0 aliphatic heterocycles. The van der Waals surface area contributed by atoms with Crippen molar-refractivity contribution in [3.63, 3.8) is 0 Å². The zero-order valence-electron chi connectivity index (χ0n) is 10.5. The van der Waals surface area contributed by atoms with Gasteiger partial charge in [0, 0.05) is 18.2 Å². The van der Waals surface area contributed by atoms with Gasteiger partial charge in [-0.15, -0.1) is 0 Å². The minimum atomic E-state index is -0.484. The molecule has 0 spiro atoms. The lowest BCUT2D eigenvalue weighted by Gasteiger charge is -2.11. The molecule has 0 aliphatic rings. The highest BCUT2D eigenvalue weighted by atomic mass is 32.2. The number of nitro groups is 1. The monoisotopic (exact) mass is 272 g/mol. The molecule has 4 nitrogen and oxygen atoms in total. The first-order valence-electron chi connectivity index (χ1n) is 5.67. The number of nitro benzene ring substituents is 1. The third-order valence-electron chi connectivity index (χ3n) is 2.50. The standard InChI is InChI=1S/C12H17FN2O2S/c1-9(8-18-2)6-14-7-10-5-11(13)3-4-12(10)15(16)17/h3-5,9,14H,6-8H2,1-2H3. The number of hydrogen-bond acceptors (Lipinski definition) is 4. The van der Waals surface area contributed by atoms with Crippen molar-refractivity contribution in [1.82, 2.24) is 5.32 Å². The Morgan fingerprint density at radius 3 is 2.89 bits per heavy atom. The number of nitrogens with one attached hydrogen (secondary N) is 1. The molecule has 0 saturated carbocycles. The fourth-order valence-corrected chi connectivity index (χ4v) is 2.36. The van der Waals surface area contributed by atoms with Gasteiger partial charge in [-0.05, 0) is 36.6 Å². The predicted molar refractivity (Wildman–Crippen MR) is 72.3 cm³/mol. The van der Waals surface area contributed by atoms with E-state index in [9.17, 15) is 14.5 Å². The van der Waals surface area contributed by atoms with Crippen molar-refractivity contribution >= 4 is 17.4 Å². The van der Waals surface area contributed by atoms with Crippen molar-refractivity contribution in [3.8, 4) is 0 Å². The third kappa shape index (κ3) is 4.62. The molecule has 1 aromatic rings. The summed E-state index contributed by atoms with van der Waals surface area (Å²) in [6.45, 7) is 3.17. The third-order valence-corrected chi connectivity index (χ3v) is 3.40. The van der Waals surface area contributed by atoms with Gasteiger partial charge in [-0.1, -0.05) is 6.92 Å². The lowest BCUT2D eigenvalue weighted by atomic mass is 10.1. The van der Waals surface area contributed by atoms with Gasteiger partial charge in [0.05, 0.1) is 4.92 Å². The normalized spacial score (nSPS) is 12.4. The minimum absolute atomic E-state index is 0.0404. The van der Waals surface area contributed by atoms with Crippen LogP contribution in [0.15, 0.2) is 18.2 Å². The minimum Gasteiger partial charge on any atom is -0.312 e. The maximum Gasteiger partial charge on any atom is 0.274 e. The van der Waals surface area contributed by atoms with E-state index in [1.54, 1.807) is 11.8 Å². The Hall–Kier alpha value is -1.14. The molecule has 1 aromatic carbocycles. The topological polar surface area (TPSA) is 55.2 Å². The van der Waals surface area contributed by atoms with Crippen molar-refractivity contribution < 1.29 is 9.31 Å². The first-order chi connectivity index (χ1) is 8.54. The van der Waals surface area contributed by atoms with E-state index in [1.165, 1.54) is 12.1 Å². The highest BCUT2D eigenvalue weighted by molar-refractivity contribution is 7.98. The number of rotatable bonds is 7. The van der Waals surface area contributed by atoms with E-state index in [4.69, 9.17) is 0 Å². The van der Waals surface area contributed by atoms with Crippen molar-refractivity contribution in [2.24, 2.45) is 5.92 Å². The number of halogens is 1. The SMILES string of the molecule is CSCC(C)CNCc1cc(F)ccc1[N+](=O)[O-]. The fraction of sp³-hybridized carbons (Fsp3) is 0.500. The Balaban J connectivity index is 2.60. The van der Waals surface area contributed by atoms with E-state index in [0.717, 1.165) is 18.4 Å². The van der Waals surface area contributed by atoms with Crippen LogP contribution in [0.5, 0.6) is 0 Å². The molecule has 1 rings (SSSR count). The van der Waals surface area contributed by atoms with Crippen LogP contribution in [0, 0.1) is 21.8 Å². The summed E-state index contributed by atoms with van der Waals surface area (Å²) in [5.74, 6) is 1.06. The molecule has 100 valence electrons. The average Bonchev–Trinajstić information content (AvgIpc) is 2.29. The maximum absolute atomic E-state index is 13.1. The van der Waals surface area contributed by atoms with Crippen molar-refractivity contribution in [2.45, 2.75) is 13.5 Å². The summed E-state index contributed by atoms with van der Waals surface area (Å²) < 4.78 is 13.1. The Kier molecular flexibility index (Phi) is 6.07. The summed E-state index contributed by atoms with van der Waals surface area (Å²) in [6.07, 6.45) is 2.04. The Morgan fingerprint density at radius 1 is 1.56 bits per heavy atom. The number of nitrogens with zero attached hydrogens (tertiary/aromatic N) is 1. The molecular weight excluding hydrogens is 255 g/mol. The van der Waals surface area contributed by atoms with Gasteiger partial charge in [0.15, 0.2) is 0 Å². The molecule has 1 atom stereocenters. The Labute approximate surface area is 110 Å². The molecule has 0 amide bonds. The molecule has 0 saturated heterocycles. The van der Waals surface area contributed by atoms with Crippen LogP contribution in [0.25, 0.3) is 0 Å². The van der Waals surface area contributed by atoms with E-state index >= 15 is 0 Å². The second-order valence-electron chi connectivity index (χ2n) is 4.22. The van der Waals surface area contributed by atoms with Crippen LogP contribution >= 0.6 is 11.8 Å². The lowest BCUT2D eigenvalue weighted by molar-refractivity contribution is -0.385. The molecule has 0 bridgehead atoms. The van der Waals surface area contributed by atoms with Gasteiger partial charge in [-0.25, -0.2) is 4.39 Å². The number of thioether (sulfide) groups is 1. The van der Waals surface area contributed by atoms with Crippen molar-refractivity contribution in [3.05, 3.63) is 39.7 Å². The van der Waals surface area contributed by atoms with Crippen LogP contribution < -0.4 is 5.32 Å². The second kappa shape index (κ2) is 7.33. The summed E-state index contributed by atoms with van der Waals surface area (Å²) >= 11 is 1.76. The predicted octanol–water partition coefficient (Wildman–Crippen LogP) is 2.82. The first kappa shape index (κ1) is 14.9. The van der Waals surface area contributed by atoms with Crippen molar-refractivity contribution in [1.29, 1.82) is 0 Å². The first-order valence-corrected chi connectivity index (χ1v) is 7.06. The molecule has 6 heteroatoms. The molecule has 0 fully saturated rings. The zero-order chi connectivity index (χ0) is 13.5. The van der Waals surface area contributed by atoms with Crippen LogP contribution in [0.4, 0.5) is 10.1 Å². The van der Waals surface area contributed by atoms with Gasteiger partial charge >= 0.3 is 0 Å². The molecule has 1 unspecified atom stereocenters. The number of benzene rings is 1. The number of hydrogen-bond donors (Lipinski definition) is 1. The highest BCUT2D eigenvalue weighted by Gasteiger charge is 2.14. The maximum atomic E-state index is 13.1. The second-order valence-corrected chi connectivity index (χ2v) is 5.13. The van der Waals surface area contributed by atoms with Gasteiger partial charge in [0.1, 0.15) is 5.82 Å². The highest BCUT2D eigenvalue weighted by Crippen LogP contribution is 2.19. The summed E-state index contributed by atoms with van der Waals surface area (Å²) in [7, 11) is 0. The van der Waals surface area contributed by atoms with Gasteiger partial charge in [0.25, 0.3) is 5.69 Å². The van der Waals surface area contributed by atoms with Crippen LogP contribution in [-0.2, 0) is 6.54 Å². The molecule has 18 heavy (non-hydrogen) atoms. The van der Waals surface area contributed by atoms with Crippen LogP contribution in [-0.4, -0.2) is 23.5 Å². The molecule has 1 N–H and O–H groups in total. The van der Waals surface area contributed by atoms with E-state index in [0.29, 0.717) is 18.0 Å².